The molecule has 0 radical (unpaired) electrons. The van der Waals surface area contributed by atoms with E-state index in [-0.39, 0.29) is 36.1 Å². The average Bonchev–Trinajstić information content (AvgIpc) is 2.60. The molecular weight excluding hydrogens is 389 g/mol. The van der Waals surface area contributed by atoms with Gasteiger partial charge in [-0.05, 0) is 11.5 Å². The molecule has 3 N–H and O–H groups in total. The van der Waals surface area contributed by atoms with E-state index in [1.807, 2.05) is 45.0 Å². The minimum absolute atomic E-state index is 0. The number of nitrogens with one attached hydrogen (secondary N) is 1. The number of benzene rings is 1. The number of hydrogen-bond donors (Lipinski definition) is 2. The Labute approximate surface area is 175 Å². The minimum atomic E-state index is -0.540. The zero-order valence-electron chi connectivity index (χ0n) is 16.4. The molecule has 1 aromatic rings. The second-order valence-corrected chi connectivity index (χ2v) is 7.47. The molecule has 0 saturated carbocycles. The lowest BCUT2D eigenvalue weighted by atomic mass is 9.87. The molecule has 0 aromatic heterocycles. The summed E-state index contributed by atoms with van der Waals surface area (Å²) in [7, 11) is 0. The highest BCUT2D eigenvalue weighted by atomic mass is 35.5. The molecule has 0 spiro atoms. The van der Waals surface area contributed by atoms with Crippen molar-refractivity contribution in [2.75, 3.05) is 39.5 Å². The number of ether oxygens (including phenoxy) is 2. The van der Waals surface area contributed by atoms with Gasteiger partial charge < -0.3 is 20.5 Å². The van der Waals surface area contributed by atoms with E-state index in [1.165, 1.54) is 0 Å². The fourth-order valence-corrected chi connectivity index (χ4v) is 2.59. The van der Waals surface area contributed by atoms with Gasteiger partial charge >= 0.3 is 0 Å². The summed E-state index contributed by atoms with van der Waals surface area (Å²) in [6, 6.07) is 7.25. The summed E-state index contributed by atoms with van der Waals surface area (Å²) in [6.45, 7) is 11.3. The molecule has 0 unspecified atom stereocenters. The van der Waals surface area contributed by atoms with E-state index in [0.717, 1.165) is 44.2 Å². The average molecular weight is 422 g/mol. The van der Waals surface area contributed by atoms with Gasteiger partial charge in [0, 0.05) is 31.7 Å². The summed E-state index contributed by atoms with van der Waals surface area (Å²) >= 11 is 0. The summed E-state index contributed by atoms with van der Waals surface area (Å²) in [5.74, 6) is 0.663. The largest absolute Gasteiger partial charge is 0.492 e. The maximum Gasteiger partial charge on any atom is 0.237 e. The number of halogens is 2. The van der Waals surface area contributed by atoms with Crippen LogP contribution in [0.25, 0.3) is 0 Å². The van der Waals surface area contributed by atoms with E-state index in [1.54, 1.807) is 0 Å². The third-order valence-corrected chi connectivity index (χ3v) is 4.41. The Morgan fingerprint density at radius 1 is 1.26 bits per heavy atom. The monoisotopic (exact) mass is 421 g/mol. The van der Waals surface area contributed by atoms with Gasteiger partial charge in [-0.3, -0.25) is 9.69 Å². The highest BCUT2D eigenvalue weighted by molar-refractivity contribution is 5.85. The number of hydrogen-bond acceptors (Lipinski definition) is 5. The maximum atomic E-state index is 12.2. The Morgan fingerprint density at radius 3 is 2.52 bits per heavy atom. The minimum Gasteiger partial charge on any atom is -0.492 e. The zero-order chi connectivity index (χ0) is 18.3. The number of para-hydroxylation sites is 1. The van der Waals surface area contributed by atoms with E-state index in [0.29, 0.717) is 13.2 Å². The maximum absolute atomic E-state index is 12.2. The molecule has 0 bridgehead atoms. The van der Waals surface area contributed by atoms with Gasteiger partial charge in [0.15, 0.2) is 0 Å². The molecule has 1 aromatic carbocycles. The number of nitrogens with two attached hydrogens (primary N) is 1. The Kier molecular flexibility index (Phi) is 11.9. The predicted octanol–water partition coefficient (Wildman–Crippen LogP) is 2.23. The van der Waals surface area contributed by atoms with E-state index < -0.39 is 6.04 Å². The molecule has 156 valence electrons. The summed E-state index contributed by atoms with van der Waals surface area (Å²) < 4.78 is 11.3. The molecule has 2 rings (SSSR count). The molecule has 27 heavy (non-hydrogen) atoms. The van der Waals surface area contributed by atoms with Crippen LogP contribution < -0.4 is 15.8 Å². The topological polar surface area (TPSA) is 76.8 Å². The van der Waals surface area contributed by atoms with Gasteiger partial charge in [-0.15, -0.1) is 24.8 Å². The van der Waals surface area contributed by atoms with Crippen LogP contribution in [-0.4, -0.2) is 56.3 Å². The number of amides is 1. The highest BCUT2D eigenvalue weighted by Gasteiger charge is 2.27. The van der Waals surface area contributed by atoms with E-state index in [9.17, 15) is 4.79 Å². The molecule has 6 nitrogen and oxygen atoms in total. The molecule has 1 fully saturated rings. The first-order valence-corrected chi connectivity index (χ1v) is 8.92. The lowest BCUT2D eigenvalue weighted by Crippen LogP contribution is -2.48. The highest BCUT2D eigenvalue weighted by Crippen LogP contribution is 2.20. The molecule has 0 aliphatic carbocycles. The van der Waals surface area contributed by atoms with Crippen molar-refractivity contribution >= 4 is 30.7 Å². The molecule has 1 atom stereocenters. The molecule has 1 aliphatic rings. The van der Waals surface area contributed by atoms with Crippen molar-refractivity contribution in [2.24, 2.45) is 11.1 Å². The van der Waals surface area contributed by atoms with Crippen LogP contribution in [-0.2, 0) is 16.1 Å². The van der Waals surface area contributed by atoms with Gasteiger partial charge in [-0.1, -0.05) is 39.0 Å². The van der Waals surface area contributed by atoms with Crippen LogP contribution >= 0.6 is 24.8 Å². The van der Waals surface area contributed by atoms with Crippen molar-refractivity contribution in [3.63, 3.8) is 0 Å². The summed E-state index contributed by atoms with van der Waals surface area (Å²) in [6.07, 6.45) is 0. The molecule has 1 aliphatic heterocycles. The number of carbonyl (C=O) groups is 1. The quantitative estimate of drug-likeness (QED) is 0.705. The van der Waals surface area contributed by atoms with Gasteiger partial charge in [0.25, 0.3) is 0 Å². The second-order valence-electron chi connectivity index (χ2n) is 7.47. The van der Waals surface area contributed by atoms with Gasteiger partial charge in [0.1, 0.15) is 12.4 Å². The molecule has 1 amide bonds. The van der Waals surface area contributed by atoms with Crippen molar-refractivity contribution in [1.82, 2.24) is 10.2 Å². The third kappa shape index (κ3) is 8.66. The Balaban J connectivity index is 0.00000338. The Bertz CT molecular complexity index is 561. The van der Waals surface area contributed by atoms with Crippen LogP contribution in [0.5, 0.6) is 5.75 Å². The first-order valence-electron chi connectivity index (χ1n) is 8.92. The summed E-state index contributed by atoms with van der Waals surface area (Å²) in [5, 5.41) is 2.91. The number of rotatable bonds is 7. The molecule has 1 saturated heterocycles. The van der Waals surface area contributed by atoms with Gasteiger partial charge in [-0.2, -0.15) is 0 Å². The van der Waals surface area contributed by atoms with Crippen LogP contribution in [0.3, 0.4) is 0 Å². The Morgan fingerprint density at radius 2 is 1.89 bits per heavy atom. The lowest BCUT2D eigenvalue weighted by molar-refractivity contribution is -0.124. The smallest absolute Gasteiger partial charge is 0.237 e. The number of carbonyl (C=O) groups excluding carboxylic acids is 1. The van der Waals surface area contributed by atoms with Crippen LogP contribution in [0.15, 0.2) is 24.3 Å². The Hall–Kier alpha value is -1.05. The first-order chi connectivity index (χ1) is 11.9. The number of nitrogens with zero attached hydrogens (tertiary/aromatic N) is 1. The van der Waals surface area contributed by atoms with Crippen molar-refractivity contribution in [3.8, 4) is 5.75 Å². The number of morpholine rings is 1. The van der Waals surface area contributed by atoms with Gasteiger partial charge in [0.2, 0.25) is 5.91 Å². The van der Waals surface area contributed by atoms with Crippen molar-refractivity contribution in [1.29, 1.82) is 0 Å². The predicted molar refractivity (Wildman–Crippen MR) is 113 cm³/mol. The van der Waals surface area contributed by atoms with E-state index in [4.69, 9.17) is 15.2 Å². The van der Waals surface area contributed by atoms with Crippen LogP contribution in [0, 0.1) is 5.41 Å². The first kappa shape index (κ1) is 26.0. The molecule has 8 heteroatoms. The van der Waals surface area contributed by atoms with Crippen molar-refractivity contribution < 1.29 is 14.3 Å². The van der Waals surface area contributed by atoms with E-state index >= 15 is 0 Å². The molecular formula is C19H33Cl2N3O3. The zero-order valence-corrected chi connectivity index (χ0v) is 18.0. The van der Waals surface area contributed by atoms with Crippen LogP contribution in [0.1, 0.15) is 26.3 Å². The van der Waals surface area contributed by atoms with Crippen LogP contribution in [0.4, 0.5) is 0 Å². The standard InChI is InChI=1S/C19H31N3O3.2ClH/c1-19(2,3)17(20)18(23)21-14-15-6-4-5-7-16(15)25-13-10-22-8-11-24-12-9-22;;/h4-7,17H,8-14,20H2,1-3H3,(H,21,23);2*1H/t17-;;/m1../s1. The van der Waals surface area contributed by atoms with Crippen molar-refractivity contribution in [3.05, 3.63) is 29.8 Å². The summed E-state index contributed by atoms with van der Waals surface area (Å²) in [5.41, 5.74) is 6.69. The van der Waals surface area contributed by atoms with Crippen molar-refractivity contribution in [2.45, 2.75) is 33.4 Å². The SMILES string of the molecule is CC(C)(C)[C@H](N)C(=O)NCc1ccccc1OCCN1CCOCC1.Cl.Cl. The van der Waals surface area contributed by atoms with Gasteiger partial charge in [-0.25, -0.2) is 0 Å². The van der Waals surface area contributed by atoms with Gasteiger partial charge in [0.05, 0.1) is 19.3 Å². The normalized spacial score (nSPS) is 15.9. The second kappa shape index (κ2) is 12.4. The third-order valence-electron chi connectivity index (χ3n) is 4.41. The fourth-order valence-electron chi connectivity index (χ4n) is 2.59. The molecule has 1 heterocycles. The lowest BCUT2D eigenvalue weighted by Gasteiger charge is -2.27. The van der Waals surface area contributed by atoms with E-state index in [2.05, 4.69) is 10.2 Å². The fraction of sp³-hybridized carbons (Fsp3) is 0.632. The summed E-state index contributed by atoms with van der Waals surface area (Å²) in [4.78, 5) is 14.5. The van der Waals surface area contributed by atoms with Crippen LogP contribution in [0.2, 0.25) is 0 Å².